The normalized spacial score (nSPS) is 12.1. The number of ether oxygens (including phenoxy) is 1. The van der Waals surface area contributed by atoms with Gasteiger partial charge in [0.05, 0.1) is 6.61 Å². The van der Waals surface area contributed by atoms with Gasteiger partial charge in [-0.05, 0) is 32.3 Å². The summed E-state index contributed by atoms with van der Waals surface area (Å²) in [5.41, 5.74) is 0.949. The summed E-state index contributed by atoms with van der Waals surface area (Å²) >= 11 is 0. The highest BCUT2D eigenvalue weighted by atomic mass is 16.5. The highest BCUT2D eigenvalue weighted by Gasteiger charge is 1.94. The van der Waals surface area contributed by atoms with Gasteiger partial charge in [0.2, 0.25) is 0 Å². The van der Waals surface area contributed by atoms with Crippen molar-refractivity contribution in [1.29, 1.82) is 0 Å². The molecule has 2 heteroatoms. The van der Waals surface area contributed by atoms with E-state index in [9.17, 15) is 4.79 Å². The molecule has 0 rings (SSSR count). The van der Waals surface area contributed by atoms with Crippen LogP contribution in [0.5, 0.6) is 0 Å². The molecule has 0 heterocycles. The van der Waals surface area contributed by atoms with Crippen molar-refractivity contribution in [3.8, 4) is 0 Å². The van der Waals surface area contributed by atoms with E-state index in [1.54, 1.807) is 0 Å². The van der Waals surface area contributed by atoms with Crippen molar-refractivity contribution >= 4 is 5.97 Å². The molecule has 0 fully saturated rings. The fourth-order valence-electron chi connectivity index (χ4n) is 1.20. The number of carbonyl (C=O) groups is 1. The Kier molecular flexibility index (Phi) is 8.84. The number of carbonyl (C=O) groups excluding carboxylic acids is 1. The maximum absolute atomic E-state index is 11.1. The largest absolute Gasteiger partial charge is 0.463 e. The van der Waals surface area contributed by atoms with Crippen LogP contribution in [0.15, 0.2) is 23.8 Å². The first-order valence-electron chi connectivity index (χ1n) is 5.72. The van der Waals surface area contributed by atoms with Crippen molar-refractivity contribution in [2.75, 3.05) is 6.61 Å². The average molecular weight is 210 g/mol. The summed E-state index contributed by atoms with van der Waals surface area (Å²) in [6, 6.07) is 0. The zero-order valence-corrected chi connectivity index (χ0v) is 10.1. The van der Waals surface area contributed by atoms with Gasteiger partial charge in [0.1, 0.15) is 0 Å². The molecule has 15 heavy (non-hydrogen) atoms. The third-order valence-corrected chi connectivity index (χ3v) is 1.99. The topological polar surface area (TPSA) is 26.3 Å². The van der Waals surface area contributed by atoms with Gasteiger partial charge in [-0.1, -0.05) is 31.9 Å². The fourth-order valence-corrected chi connectivity index (χ4v) is 1.20. The lowest BCUT2D eigenvalue weighted by atomic mass is 10.1. The van der Waals surface area contributed by atoms with Crippen LogP contribution in [0.2, 0.25) is 0 Å². The molecule has 0 bridgehead atoms. The zero-order chi connectivity index (χ0) is 11.5. The van der Waals surface area contributed by atoms with Crippen LogP contribution in [-0.2, 0) is 9.53 Å². The number of hydrogen-bond acceptors (Lipinski definition) is 2. The minimum atomic E-state index is -0.256. The minimum Gasteiger partial charge on any atom is -0.463 e. The van der Waals surface area contributed by atoms with E-state index in [1.165, 1.54) is 25.3 Å². The molecule has 0 atom stereocenters. The first kappa shape index (κ1) is 13.9. The number of unbranched alkanes of at least 4 members (excludes halogenated alkanes) is 3. The van der Waals surface area contributed by atoms with E-state index >= 15 is 0 Å². The molecule has 86 valence electrons. The highest BCUT2D eigenvalue weighted by molar-refractivity contribution is 5.83. The third kappa shape index (κ3) is 9.26. The van der Waals surface area contributed by atoms with E-state index in [0.29, 0.717) is 6.61 Å². The van der Waals surface area contributed by atoms with Crippen LogP contribution >= 0.6 is 0 Å². The Hall–Kier alpha value is -1.05. The van der Waals surface area contributed by atoms with Gasteiger partial charge in [0, 0.05) is 6.08 Å². The van der Waals surface area contributed by atoms with E-state index in [1.807, 2.05) is 19.9 Å². The molecule has 0 unspecified atom stereocenters. The van der Waals surface area contributed by atoms with Crippen LogP contribution in [0, 0.1) is 0 Å². The van der Waals surface area contributed by atoms with Crippen molar-refractivity contribution in [3.63, 3.8) is 0 Å². The maximum atomic E-state index is 11.1. The summed E-state index contributed by atoms with van der Waals surface area (Å²) in [7, 11) is 0. The van der Waals surface area contributed by atoms with Crippen LogP contribution < -0.4 is 0 Å². The summed E-state index contributed by atoms with van der Waals surface area (Å²) in [6.45, 7) is 6.34. The second-order valence-electron chi connectivity index (χ2n) is 3.54. The maximum Gasteiger partial charge on any atom is 0.330 e. The van der Waals surface area contributed by atoms with Gasteiger partial charge in [-0.2, -0.15) is 0 Å². The SMILES string of the molecule is CCCCC/C=C/C(C)=C/C(=O)OCC. The average Bonchev–Trinajstić information content (AvgIpc) is 2.17. The summed E-state index contributed by atoms with van der Waals surface area (Å²) in [4.78, 5) is 11.1. The molecule has 0 spiro atoms. The van der Waals surface area contributed by atoms with Crippen molar-refractivity contribution in [3.05, 3.63) is 23.8 Å². The molecule has 0 amide bonds. The Labute approximate surface area is 93.0 Å². The first-order valence-corrected chi connectivity index (χ1v) is 5.72. The zero-order valence-electron chi connectivity index (χ0n) is 10.1. The Morgan fingerprint density at radius 2 is 2.00 bits per heavy atom. The number of hydrogen-bond donors (Lipinski definition) is 0. The van der Waals surface area contributed by atoms with Crippen molar-refractivity contribution in [1.82, 2.24) is 0 Å². The summed E-state index contributed by atoms with van der Waals surface area (Å²) < 4.78 is 4.81. The summed E-state index contributed by atoms with van der Waals surface area (Å²) in [5.74, 6) is -0.256. The number of esters is 1. The minimum absolute atomic E-state index is 0.256. The van der Waals surface area contributed by atoms with Crippen LogP contribution in [0.4, 0.5) is 0 Å². The van der Waals surface area contributed by atoms with Gasteiger partial charge in [0.15, 0.2) is 0 Å². The van der Waals surface area contributed by atoms with Crippen LogP contribution in [0.1, 0.15) is 46.5 Å². The van der Waals surface area contributed by atoms with E-state index < -0.39 is 0 Å². The molecule has 0 aliphatic heterocycles. The fraction of sp³-hybridized carbons (Fsp3) is 0.615. The van der Waals surface area contributed by atoms with Gasteiger partial charge >= 0.3 is 5.97 Å². The lowest BCUT2D eigenvalue weighted by Gasteiger charge is -1.96. The molecule has 0 aromatic rings. The number of rotatable bonds is 7. The molecule has 0 aromatic carbocycles. The molecule has 0 N–H and O–H groups in total. The summed E-state index contributed by atoms with van der Waals surface area (Å²) in [5, 5.41) is 0. The predicted octanol–water partition coefficient (Wildman–Crippen LogP) is 3.63. The van der Waals surface area contributed by atoms with E-state index in [-0.39, 0.29) is 5.97 Å². The second-order valence-corrected chi connectivity index (χ2v) is 3.54. The quantitative estimate of drug-likeness (QED) is 0.277. The Morgan fingerprint density at radius 1 is 1.27 bits per heavy atom. The molecular weight excluding hydrogens is 188 g/mol. The molecule has 0 saturated carbocycles. The lowest BCUT2D eigenvalue weighted by molar-refractivity contribution is -0.137. The van der Waals surface area contributed by atoms with Crippen LogP contribution in [-0.4, -0.2) is 12.6 Å². The molecule has 0 saturated heterocycles. The van der Waals surface area contributed by atoms with Crippen molar-refractivity contribution < 1.29 is 9.53 Å². The smallest absolute Gasteiger partial charge is 0.330 e. The molecule has 2 nitrogen and oxygen atoms in total. The van der Waals surface area contributed by atoms with Gasteiger partial charge in [0.25, 0.3) is 0 Å². The van der Waals surface area contributed by atoms with Crippen LogP contribution in [0.3, 0.4) is 0 Å². The van der Waals surface area contributed by atoms with Gasteiger partial charge < -0.3 is 4.74 Å². The van der Waals surface area contributed by atoms with Gasteiger partial charge in [-0.15, -0.1) is 0 Å². The Morgan fingerprint density at radius 3 is 2.60 bits per heavy atom. The van der Waals surface area contributed by atoms with Gasteiger partial charge in [-0.3, -0.25) is 0 Å². The third-order valence-electron chi connectivity index (χ3n) is 1.99. The van der Waals surface area contributed by atoms with E-state index in [2.05, 4.69) is 13.0 Å². The molecule has 0 radical (unpaired) electrons. The molecule has 0 aliphatic rings. The Bertz CT molecular complexity index is 227. The van der Waals surface area contributed by atoms with Crippen molar-refractivity contribution in [2.24, 2.45) is 0 Å². The first-order chi connectivity index (χ1) is 7.20. The molecular formula is C13H22O2. The standard InChI is InChI=1S/C13H22O2/c1-4-6-7-8-9-10-12(3)11-13(14)15-5-2/h9-11H,4-8H2,1-3H3/b10-9+,12-11+. The molecule has 0 aromatic heterocycles. The van der Waals surface area contributed by atoms with Crippen molar-refractivity contribution in [2.45, 2.75) is 46.5 Å². The lowest BCUT2D eigenvalue weighted by Crippen LogP contribution is -1.99. The highest BCUT2D eigenvalue weighted by Crippen LogP contribution is 2.02. The van der Waals surface area contributed by atoms with E-state index in [0.717, 1.165) is 12.0 Å². The van der Waals surface area contributed by atoms with Crippen LogP contribution in [0.25, 0.3) is 0 Å². The number of allylic oxidation sites excluding steroid dienone is 3. The second kappa shape index (κ2) is 9.50. The monoisotopic (exact) mass is 210 g/mol. The van der Waals surface area contributed by atoms with E-state index in [4.69, 9.17) is 4.74 Å². The molecule has 0 aliphatic carbocycles. The predicted molar refractivity (Wildman–Crippen MR) is 63.7 cm³/mol. The van der Waals surface area contributed by atoms with Gasteiger partial charge in [-0.25, -0.2) is 4.79 Å². The Balaban J connectivity index is 3.79. The summed E-state index contributed by atoms with van der Waals surface area (Å²) in [6.07, 6.45) is 10.4.